The smallest absolute Gasteiger partial charge is 0.228 e. The molecule has 0 bridgehead atoms. The van der Waals surface area contributed by atoms with Crippen LogP contribution < -0.4 is 16.3 Å². The van der Waals surface area contributed by atoms with Gasteiger partial charge in [-0.05, 0) is 28.8 Å². The van der Waals surface area contributed by atoms with Crippen LogP contribution in [0.1, 0.15) is 37.7 Å². The number of hydrogen-bond donors (Lipinski definition) is 1. The molecule has 0 aromatic heterocycles. The molecule has 154 valence electrons. The summed E-state index contributed by atoms with van der Waals surface area (Å²) in [5, 5.41) is 1.09. The zero-order valence-electron chi connectivity index (χ0n) is 17.0. The summed E-state index contributed by atoms with van der Waals surface area (Å²) in [4.78, 5) is 6.26. The van der Waals surface area contributed by atoms with Gasteiger partial charge >= 0.3 is 0 Å². The van der Waals surface area contributed by atoms with Crippen LogP contribution in [0.4, 0.5) is 0 Å². The molecule has 0 spiro atoms. The third kappa shape index (κ3) is 5.20. The van der Waals surface area contributed by atoms with Gasteiger partial charge in [0, 0.05) is 21.1 Å². The quantitative estimate of drug-likeness (QED) is 0.242. The molecule has 4 rings (SSSR count). The lowest BCUT2D eigenvalue weighted by Gasteiger charge is -2.33. The van der Waals surface area contributed by atoms with Gasteiger partial charge in [0.1, 0.15) is 0 Å². The first-order valence-corrected chi connectivity index (χ1v) is 11.9. The third-order valence-corrected chi connectivity index (χ3v) is 7.80. The normalized spacial score (nSPS) is 15.2. The molecule has 0 saturated heterocycles. The Balaban J connectivity index is 0.000000177. The molecule has 0 heterocycles. The molecule has 1 aliphatic rings. The van der Waals surface area contributed by atoms with E-state index in [0.717, 1.165) is 12.8 Å². The molecule has 3 aromatic rings. The largest absolute Gasteiger partial charge is 0.321 e. The van der Waals surface area contributed by atoms with Crippen LogP contribution in [0.5, 0.6) is 0 Å². The summed E-state index contributed by atoms with van der Waals surface area (Å²) in [5.41, 5.74) is 16.3. The standard InChI is InChI=1S/C12H10N3OP.C12H17N/c13-14-15-17(16,11-7-3-1-4-8-11)12-9-5-2-6-10-12;13-12(9-5-2-6-10-12)11-7-3-1-4-8-11/h1-10H;1,3-4,7-8H,2,5-6,9-10,13H2. The predicted molar refractivity (Wildman–Crippen MR) is 124 cm³/mol. The van der Waals surface area contributed by atoms with Crippen LogP contribution in [-0.2, 0) is 10.1 Å². The first-order valence-electron chi connectivity index (χ1n) is 10.2. The van der Waals surface area contributed by atoms with Crippen LogP contribution in [0.2, 0.25) is 0 Å². The highest BCUT2D eigenvalue weighted by Crippen LogP contribution is 2.44. The average molecular weight is 418 g/mol. The maximum absolute atomic E-state index is 12.8. The Hall–Kier alpha value is -2.84. The van der Waals surface area contributed by atoms with Gasteiger partial charge in [-0.25, -0.2) is 0 Å². The molecule has 1 aliphatic carbocycles. The molecule has 3 aromatic carbocycles. The lowest BCUT2D eigenvalue weighted by Crippen LogP contribution is -2.38. The summed E-state index contributed by atoms with van der Waals surface area (Å²) < 4.78 is 12.8. The molecule has 0 atom stereocenters. The topological polar surface area (TPSA) is 91.8 Å². The predicted octanol–water partition coefficient (Wildman–Crippen LogP) is 6.03. The summed E-state index contributed by atoms with van der Waals surface area (Å²) in [5.74, 6) is 0. The number of nitrogens with zero attached hydrogens (tertiary/aromatic N) is 3. The fourth-order valence-electron chi connectivity index (χ4n) is 3.81. The van der Waals surface area contributed by atoms with Gasteiger partial charge in [-0.1, -0.05) is 110 Å². The van der Waals surface area contributed by atoms with E-state index in [4.69, 9.17) is 11.3 Å². The van der Waals surface area contributed by atoms with Crippen LogP contribution in [-0.4, -0.2) is 0 Å². The van der Waals surface area contributed by atoms with E-state index in [9.17, 15) is 4.57 Å². The lowest BCUT2D eigenvalue weighted by molar-refractivity contribution is 0.302. The van der Waals surface area contributed by atoms with Crippen molar-refractivity contribution in [2.24, 2.45) is 10.6 Å². The second kappa shape index (κ2) is 10.3. The monoisotopic (exact) mass is 418 g/mol. The van der Waals surface area contributed by atoms with E-state index in [1.54, 1.807) is 48.5 Å². The molecule has 0 unspecified atom stereocenters. The molecule has 30 heavy (non-hydrogen) atoms. The van der Waals surface area contributed by atoms with Crippen molar-refractivity contribution >= 4 is 17.9 Å². The van der Waals surface area contributed by atoms with E-state index in [0.29, 0.717) is 10.6 Å². The van der Waals surface area contributed by atoms with Gasteiger partial charge < -0.3 is 10.3 Å². The Morgan fingerprint density at radius 3 is 1.63 bits per heavy atom. The van der Waals surface area contributed by atoms with Gasteiger partial charge in [0.25, 0.3) is 0 Å². The molecule has 0 radical (unpaired) electrons. The van der Waals surface area contributed by atoms with Crippen molar-refractivity contribution in [3.63, 3.8) is 0 Å². The van der Waals surface area contributed by atoms with E-state index < -0.39 is 7.29 Å². The van der Waals surface area contributed by atoms with Crippen molar-refractivity contribution in [3.8, 4) is 0 Å². The number of hydrogen-bond acceptors (Lipinski definition) is 2. The van der Waals surface area contributed by atoms with Crippen molar-refractivity contribution in [1.82, 2.24) is 0 Å². The number of benzene rings is 3. The summed E-state index contributed by atoms with van der Waals surface area (Å²) in [6.07, 6.45) is 6.22. The second-order valence-electron chi connectivity index (χ2n) is 7.51. The minimum absolute atomic E-state index is 0.0283. The Labute approximate surface area is 178 Å². The number of azide groups is 1. The molecule has 1 fully saturated rings. The minimum atomic E-state index is -3.22. The van der Waals surface area contributed by atoms with E-state index >= 15 is 0 Å². The first-order chi connectivity index (χ1) is 14.6. The van der Waals surface area contributed by atoms with E-state index in [1.165, 1.54) is 24.8 Å². The molecular formula is C24H27N4OP. The van der Waals surface area contributed by atoms with Crippen molar-refractivity contribution in [3.05, 3.63) is 107 Å². The highest BCUT2D eigenvalue weighted by Gasteiger charge is 2.28. The highest BCUT2D eigenvalue weighted by molar-refractivity contribution is 7.77. The Morgan fingerprint density at radius 2 is 1.20 bits per heavy atom. The van der Waals surface area contributed by atoms with Gasteiger partial charge in [0.15, 0.2) is 0 Å². The van der Waals surface area contributed by atoms with Crippen LogP contribution in [0.3, 0.4) is 0 Å². The fraction of sp³-hybridized carbons (Fsp3) is 0.250. The molecular weight excluding hydrogens is 391 g/mol. The number of nitrogens with two attached hydrogens (primary N) is 1. The van der Waals surface area contributed by atoms with Crippen molar-refractivity contribution in [1.29, 1.82) is 0 Å². The Morgan fingerprint density at radius 1 is 0.767 bits per heavy atom. The second-order valence-corrected chi connectivity index (χ2v) is 9.87. The van der Waals surface area contributed by atoms with Gasteiger partial charge in [0.2, 0.25) is 7.29 Å². The molecule has 2 N–H and O–H groups in total. The molecule has 0 amide bonds. The maximum Gasteiger partial charge on any atom is 0.228 e. The lowest BCUT2D eigenvalue weighted by atomic mass is 9.77. The molecule has 6 heteroatoms. The van der Waals surface area contributed by atoms with Crippen LogP contribution in [0, 0.1) is 0 Å². The average Bonchev–Trinajstić information content (AvgIpc) is 2.82. The summed E-state index contributed by atoms with van der Waals surface area (Å²) >= 11 is 0. The van der Waals surface area contributed by atoms with Crippen LogP contribution >= 0.6 is 7.29 Å². The van der Waals surface area contributed by atoms with Crippen LogP contribution in [0.25, 0.3) is 10.4 Å². The zero-order valence-corrected chi connectivity index (χ0v) is 17.9. The summed E-state index contributed by atoms with van der Waals surface area (Å²) in [7, 11) is -3.22. The first kappa shape index (κ1) is 21.9. The van der Waals surface area contributed by atoms with Crippen molar-refractivity contribution in [2.45, 2.75) is 37.6 Å². The third-order valence-electron chi connectivity index (χ3n) is 5.47. The van der Waals surface area contributed by atoms with E-state index in [1.807, 2.05) is 12.1 Å². The molecule has 5 nitrogen and oxygen atoms in total. The molecule has 1 saturated carbocycles. The van der Waals surface area contributed by atoms with Crippen molar-refractivity contribution < 1.29 is 4.57 Å². The number of rotatable bonds is 4. The van der Waals surface area contributed by atoms with Gasteiger partial charge in [0.05, 0.1) is 0 Å². The summed E-state index contributed by atoms with van der Waals surface area (Å²) in [6, 6.07) is 28.1. The van der Waals surface area contributed by atoms with E-state index in [-0.39, 0.29) is 5.54 Å². The van der Waals surface area contributed by atoms with Gasteiger partial charge in [-0.15, -0.1) is 0 Å². The molecule has 0 aliphatic heterocycles. The highest BCUT2D eigenvalue weighted by atomic mass is 31.2. The van der Waals surface area contributed by atoms with Gasteiger partial charge in [-0.3, -0.25) is 0 Å². The Bertz CT molecular complexity index is 969. The fourth-order valence-corrected chi connectivity index (χ4v) is 5.58. The summed E-state index contributed by atoms with van der Waals surface area (Å²) in [6.45, 7) is 0. The van der Waals surface area contributed by atoms with E-state index in [2.05, 4.69) is 40.1 Å². The van der Waals surface area contributed by atoms with Crippen LogP contribution in [0.15, 0.2) is 95.9 Å². The Kier molecular flexibility index (Phi) is 7.48. The van der Waals surface area contributed by atoms with Crippen molar-refractivity contribution in [2.75, 3.05) is 0 Å². The van der Waals surface area contributed by atoms with Gasteiger partial charge in [-0.2, -0.15) is 0 Å². The maximum atomic E-state index is 12.8. The SMILES string of the molecule is NC1(c2ccccc2)CCCCC1.[N-]=[N+]=NP(=O)(c1ccccc1)c1ccccc1. The minimum Gasteiger partial charge on any atom is -0.321 e. The zero-order chi connectivity index (χ0) is 21.3.